The molecule has 2 heterocycles. The zero-order chi connectivity index (χ0) is 18.1. The normalized spacial score (nSPS) is 12.7. The molecule has 0 unspecified atom stereocenters. The van der Waals surface area contributed by atoms with Crippen molar-refractivity contribution in [1.29, 1.82) is 0 Å². The van der Waals surface area contributed by atoms with Crippen LogP contribution in [0.2, 0.25) is 0 Å². The lowest BCUT2D eigenvalue weighted by molar-refractivity contribution is 0.0992. The number of benzene rings is 1. The third-order valence-electron chi connectivity index (χ3n) is 4.24. The number of nitrogens with zero attached hydrogens (tertiary/aromatic N) is 4. The maximum Gasteiger partial charge on any atom is 0.300 e. The number of hydrogen-bond acceptors (Lipinski definition) is 3. The first-order chi connectivity index (χ1) is 11.9. The van der Waals surface area contributed by atoms with E-state index in [9.17, 15) is 4.79 Å². The minimum Gasteiger partial charge on any atom is -0.317 e. The monoisotopic (exact) mass is 356 g/mol. The van der Waals surface area contributed by atoms with Gasteiger partial charge in [-0.05, 0) is 50.5 Å². The molecule has 132 valence electrons. The fourth-order valence-electron chi connectivity index (χ4n) is 2.72. The Morgan fingerprint density at radius 1 is 1.24 bits per heavy atom. The van der Waals surface area contributed by atoms with E-state index in [0.29, 0.717) is 11.6 Å². The maximum absolute atomic E-state index is 12.5. The fraction of sp³-hybridized carbons (Fsp3) is 0.421. The first kappa shape index (κ1) is 17.6. The molecule has 0 N–H and O–H groups in total. The molecule has 1 amide bonds. The summed E-state index contributed by atoms with van der Waals surface area (Å²) in [6.07, 6.45) is 1.82. The number of aromatic nitrogens is 3. The van der Waals surface area contributed by atoms with Gasteiger partial charge in [0.1, 0.15) is 0 Å². The second-order valence-corrected chi connectivity index (χ2v) is 7.71. The van der Waals surface area contributed by atoms with Gasteiger partial charge >= 0.3 is 0 Å². The van der Waals surface area contributed by atoms with Gasteiger partial charge in [0.15, 0.2) is 10.5 Å². The molecule has 0 saturated carbocycles. The molecular weight excluding hydrogens is 332 g/mol. The summed E-state index contributed by atoms with van der Waals surface area (Å²) in [5, 5.41) is 4.32. The minimum atomic E-state index is -0.294. The second kappa shape index (κ2) is 6.96. The van der Waals surface area contributed by atoms with Gasteiger partial charge in [-0.15, -0.1) is 0 Å². The van der Waals surface area contributed by atoms with Gasteiger partial charge < -0.3 is 4.57 Å². The summed E-state index contributed by atoms with van der Waals surface area (Å²) < 4.78 is 5.02. The molecule has 25 heavy (non-hydrogen) atoms. The van der Waals surface area contributed by atoms with Crippen molar-refractivity contribution >= 4 is 27.5 Å². The molecule has 0 bridgehead atoms. The van der Waals surface area contributed by atoms with Crippen LogP contribution in [0.3, 0.4) is 0 Å². The van der Waals surface area contributed by atoms with Crippen molar-refractivity contribution in [3.63, 3.8) is 0 Å². The number of amides is 1. The van der Waals surface area contributed by atoms with E-state index in [1.54, 1.807) is 22.1 Å². The summed E-state index contributed by atoms with van der Waals surface area (Å²) in [5.74, 6) is 0.181. The highest BCUT2D eigenvalue weighted by molar-refractivity contribution is 7.16. The predicted octanol–water partition coefficient (Wildman–Crippen LogP) is 4.36. The van der Waals surface area contributed by atoms with E-state index in [1.807, 2.05) is 20.0 Å². The Kier molecular flexibility index (Phi) is 4.90. The van der Waals surface area contributed by atoms with E-state index >= 15 is 0 Å². The summed E-state index contributed by atoms with van der Waals surface area (Å²) in [7, 11) is 0. The molecule has 0 aliphatic rings. The summed E-state index contributed by atoms with van der Waals surface area (Å²) >= 11 is 1.56. The third-order valence-corrected chi connectivity index (χ3v) is 5.28. The second-order valence-electron chi connectivity index (χ2n) is 6.70. The van der Waals surface area contributed by atoms with Crippen molar-refractivity contribution in [1.82, 2.24) is 14.3 Å². The van der Waals surface area contributed by atoms with Crippen LogP contribution >= 0.6 is 11.3 Å². The molecule has 5 nitrogen and oxygen atoms in total. The van der Waals surface area contributed by atoms with Crippen molar-refractivity contribution in [2.24, 2.45) is 4.99 Å². The Morgan fingerprint density at radius 2 is 2.00 bits per heavy atom. The van der Waals surface area contributed by atoms with Crippen molar-refractivity contribution < 1.29 is 4.79 Å². The maximum atomic E-state index is 12.5. The summed E-state index contributed by atoms with van der Waals surface area (Å²) in [5.41, 5.74) is 2.80. The first-order valence-corrected chi connectivity index (χ1v) is 9.49. The smallest absolute Gasteiger partial charge is 0.300 e. The van der Waals surface area contributed by atoms with Crippen LogP contribution in [0, 0.1) is 0 Å². The number of aryl methyl sites for hydroxylation is 1. The molecule has 6 heteroatoms. The zero-order valence-electron chi connectivity index (χ0n) is 15.4. The zero-order valence-corrected chi connectivity index (χ0v) is 16.2. The Hall–Kier alpha value is -2.21. The lowest BCUT2D eigenvalue weighted by Crippen LogP contribution is -2.16. The standard InChI is InChI=1S/C19H24N4OS/c1-6-22-16-8-7-14(12(2)3)11-17(16)25-19(22)20-18(24)15-9-10-23(21-15)13(4)5/h7-13H,6H2,1-5H3. The Balaban J connectivity index is 2.06. The van der Waals surface area contributed by atoms with E-state index in [4.69, 9.17) is 0 Å². The molecule has 3 aromatic rings. The topological polar surface area (TPSA) is 52.2 Å². The lowest BCUT2D eigenvalue weighted by atomic mass is 10.0. The van der Waals surface area contributed by atoms with Crippen LogP contribution in [-0.2, 0) is 6.54 Å². The number of carbonyl (C=O) groups excluding carboxylic acids is 1. The molecule has 0 atom stereocenters. The van der Waals surface area contributed by atoms with Crippen LogP contribution in [0.15, 0.2) is 35.5 Å². The molecule has 0 saturated heterocycles. The number of hydrogen-bond donors (Lipinski definition) is 0. The summed E-state index contributed by atoms with van der Waals surface area (Å²) in [4.78, 5) is 17.6. The molecule has 0 spiro atoms. The van der Waals surface area contributed by atoms with Gasteiger partial charge in [0, 0.05) is 18.8 Å². The number of rotatable bonds is 4. The SMILES string of the molecule is CCn1c(=NC(=O)c2ccn(C(C)C)n2)sc2cc(C(C)C)ccc21. The molecule has 0 aliphatic heterocycles. The Morgan fingerprint density at radius 3 is 2.60 bits per heavy atom. The molecule has 0 radical (unpaired) electrons. The molecular formula is C19H24N4OS. The summed E-state index contributed by atoms with van der Waals surface area (Å²) in [6.45, 7) is 11.3. The van der Waals surface area contributed by atoms with E-state index < -0.39 is 0 Å². The van der Waals surface area contributed by atoms with E-state index in [2.05, 4.69) is 53.6 Å². The Labute approximate surface area is 151 Å². The number of carbonyl (C=O) groups is 1. The van der Waals surface area contributed by atoms with Crippen LogP contribution < -0.4 is 4.80 Å². The predicted molar refractivity (Wildman–Crippen MR) is 102 cm³/mol. The lowest BCUT2D eigenvalue weighted by Gasteiger charge is -2.05. The molecule has 3 rings (SSSR count). The van der Waals surface area contributed by atoms with E-state index in [-0.39, 0.29) is 11.9 Å². The average Bonchev–Trinajstić information content (AvgIpc) is 3.18. The van der Waals surface area contributed by atoms with Crippen molar-refractivity contribution in [2.75, 3.05) is 0 Å². The van der Waals surface area contributed by atoms with Gasteiger partial charge in [-0.2, -0.15) is 10.1 Å². The van der Waals surface area contributed by atoms with Crippen LogP contribution in [0.4, 0.5) is 0 Å². The van der Waals surface area contributed by atoms with Crippen LogP contribution in [0.5, 0.6) is 0 Å². The largest absolute Gasteiger partial charge is 0.317 e. The van der Waals surface area contributed by atoms with Crippen molar-refractivity contribution in [3.05, 3.63) is 46.5 Å². The third kappa shape index (κ3) is 3.44. The molecule has 0 aliphatic carbocycles. The van der Waals surface area contributed by atoms with Gasteiger partial charge in [0.2, 0.25) is 0 Å². The first-order valence-electron chi connectivity index (χ1n) is 8.68. The minimum absolute atomic E-state index is 0.223. The van der Waals surface area contributed by atoms with Crippen LogP contribution in [0.25, 0.3) is 10.2 Å². The quantitative estimate of drug-likeness (QED) is 0.697. The van der Waals surface area contributed by atoms with Crippen molar-refractivity contribution in [2.45, 2.75) is 53.1 Å². The highest BCUT2D eigenvalue weighted by atomic mass is 32.1. The highest BCUT2D eigenvalue weighted by Gasteiger charge is 2.12. The molecule has 0 fully saturated rings. The molecule has 2 aromatic heterocycles. The number of fused-ring (bicyclic) bond motifs is 1. The van der Waals surface area contributed by atoms with Gasteiger partial charge in [0.05, 0.1) is 10.2 Å². The highest BCUT2D eigenvalue weighted by Crippen LogP contribution is 2.23. The van der Waals surface area contributed by atoms with Crippen LogP contribution in [0.1, 0.15) is 62.6 Å². The average molecular weight is 356 g/mol. The molecule has 1 aromatic carbocycles. The fourth-order valence-corrected chi connectivity index (χ4v) is 3.86. The van der Waals surface area contributed by atoms with Crippen LogP contribution in [-0.4, -0.2) is 20.3 Å². The van der Waals surface area contributed by atoms with Crippen molar-refractivity contribution in [3.8, 4) is 0 Å². The van der Waals surface area contributed by atoms with Gasteiger partial charge in [-0.1, -0.05) is 31.3 Å². The van der Waals surface area contributed by atoms with Gasteiger partial charge in [-0.3, -0.25) is 9.48 Å². The van der Waals surface area contributed by atoms with E-state index in [1.165, 1.54) is 5.56 Å². The number of thiazole rings is 1. The van der Waals surface area contributed by atoms with Gasteiger partial charge in [-0.25, -0.2) is 0 Å². The van der Waals surface area contributed by atoms with E-state index in [0.717, 1.165) is 21.6 Å². The summed E-state index contributed by atoms with van der Waals surface area (Å²) in [6, 6.07) is 8.43. The Bertz CT molecular complexity index is 975. The van der Waals surface area contributed by atoms with Gasteiger partial charge in [0.25, 0.3) is 5.91 Å².